The van der Waals surface area contributed by atoms with Gasteiger partial charge >= 0.3 is 0 Å². The molecule has 0 bridgehead atoms. The molecule has 0 aliphatic carbocycles. The molecule has 0 amide bonds. The summed E-state index contributed by atoms with van der Waals surface area (Å²) in [6, 6.07) is 0. The van der Waals surface area contributed by atoms with Crippen molar-refractivity contribution in [1.82, 2.24) is 19.5 Å². The molecule has 3 heterocycles. The third-order valence-corrected chi connectivity index (χ3v) is 10.3. The summed E-state index contributed by atoms with van der Waals surface area (Å²) in [6.07, 6.45) is 0.928. The van der Waals surface area contributed by atoms with Gasteiger partial charge in [-0.05, 0) is 18.1 Å². The predicted molar refractivity (Wildman–Crippen MR) is 102 cm³/mol. The number of aromatic nitrogens is 4. The average molecular weight is 400 g/mol. The molecule has 1 saturated heterocycles. The van der Waals surface area contributed by atoms with Crippen molar-refractivity contribution in [3.8, 4) is 0 Å². The molecule has 10 heteroatoms. The zero-order valence-electron chi connectivity index (χ0n) is 15.7. The van der Waals surface area contributed by atoms with E-state index < -0.39 is 32.1 Å². The van der Waals surface area contributed by atoms with E-state index >= 15 is 0 Å². The molecule has 1 fully saturated rings. The van der Waals surface area contributed by atoms with Crippen molar-refractivity contribution in [3.63, 3.8) is 0 Å². The number of hydrogen-bond donors (Lipinski definition) is 2. The van der Waals surface area contributed by atoms with E-state index in [-0.39, 0.29) is 10.9 Å². The molecule has 26 heavy (non-hydrogen) atoms. The lowest BCUT2D eigenvalue weighted by Gasteiger charge is -2.37. The lowest BCUT2D eigenvalue weighted by molar-refractivity contribution is -0.0404. The van der Waals surface area contributed by atoms with Gasteiger partial charge in [-0.25, -0.2) is 15.0 Å². The van der Waals surface area contributed by atoms with Gasteiger partial charge in [-0.1, -0.05) is 20.8 Å². The quantitative estimate of drug-likeness (QED) is 0.599. The van der Waals surface area contributed by atoms with Gasteiger partial charge in [0.05, 0.1) is 12.9 Å². The van der Waals surface area contributed by atoms with Crippen LogP contribution in [0.1, 0.15) is 27.0 Å². The van der Waals surface area contributed by atoms with Gasteiger partial charge in [0.25, 0.3) is 0 Å². The van der Waals surface area contributed by atoms with Crippen LogP contribution < -0.4 is 5.73 Å². The highest BCUT2D eigenvalue weighted by Gasteiger charge is 2.46. The fourth-order valence-corrected chi connectivity index (χ4v) is 3.99. The smallest absolute Gasteiger partial charge is 0.192 e. The van der Waals surface area contributed by atoms with E-state index in [1.807, 2.05) is 0 Å². The highest BCUT2D eigenvalue weighted by molar-refractivity contribution is 6.74. The number of rotatable bonds is 4. The minimum Gasteiger partial charge on any atom is -0.414 e. The van der Waals surface area contributed by atoms with Gasteiger partial charge in [-0.2, -0.15) is 0 Å². The van der Waals surface area contributed by atoms with Crippen molar-refractivity contribution in [2.24, 2.45) is 0 Å². The molecule has 3 N–H and O–H groups in total. The van der Waals surface area contributed by atoms with Crippen molar-refractivity contribution < 1.29 is 14.3 Å². The number of nitrogen functional groups attached to an aromatic ring is 1. The third kappa shape index (κ3) is 3.34. The van der Waals surface area contributed by atoms with Crippen LogP contribution in [0.2, 0.25) is 18.1 Å². The second-order valence-corrected chi connectivity index (χ2v) is 13.5. The second-order valence-electron chi connectivity index (χ2n) is 8.15. The topological polar surface area (TPSA) is 108 Å². The number of nitrogens with zero attached hydrogens (tertiary/aromatic N) is 4. The van der Waals surface area contributed by atoms with Gasteiger partial charge in [-0.15, -0.1) is 11.6 Å². The van der Waals surface area contributed by atoms with E-state index in [1.54, 1.807) is 10.9 Å². The van der Waals surface area contributed by atoms with Crippen LogP contribution in [0.5, 0.6) is 0 Å². The first-order valence-corrected chi connectivity index (χ1v) is 11.9. The molecule has 4 atom stereocenters. The zero-order chi connectivity index (χ0) is 19.3. The lowest BCUT2D eigenvalue weighted by atomic mass is 10.2. The minimum atomic E-state index is -1.95. The number of anilines is 1. The Morgan fingerprint density at radius 2 is 2.04 bits per heavy atom. The molecule has 2 aromatic rings. The summed E-state index contributed by atoms with van der Waals surface area (Å²) in [5.74, 6) is 0.288. The maximum atomic E-state index is 10.5. The Bertz CT molecular complexity index is 794. The first-order chi connectivity index (χ1) is 12.0. The molecule has 3 rings (SSSR count). The van der Waals surface area contributed by atoms with Crippen molar-refractivity contribution in [3.05, 3.63) is 12.7 Å². The monoisotopic (exact) mass is 399 g/mol. The number of aliphatic hydroxyl groups is 1. The van der Waals surface area contributed by atoms with Crippen molar-refractivity contribution in [2.75, 3.05) is 12.3 Å². The Balaban J connectivity index is 1.78. The van der Waals surface area contributed by atoms with E-state index in [0.717, 1.165) is 0 Å². The summed E-state index contributed by atoms with van der Waals surface area (Å²) in [7, 11) is -1.95. The fourth-order valence-electron chi connectivity index (χ4n) is 2.63. The number of nitrogens with two attached hydrogens (primary N) is 1. The number of fused-ring (bicyclic) bond motifs is 1. The van der Waals surface area contributed by atoms with E-state index in [9.17, 15) is 5.11 Å². The average Bonchev–Trinajstić information content (AvgIpc) is 3.08. The minimum absolute atomic E-state index is 0.0747. The Kier molecular flexibility index (Phi) is 5.04. The Morgan fingerprint density at radius 1 is 1.35 bits per heavy atom. The van der Waals surface area contributed by atoms with Gasteiger partial charge in [0.2, 0.25) is 0 Å². The summed E-state index contributed by atoms with van der Waals surface area (Å²) < 4.78 is 13.9. The van der Waals surface area contributed by atoms with Crippen molar-refractivity contribution in [1.29, 1.82) is 0 Å². The van der Waals surface area contributed by atoms with Crippen LogP contribution in [0.3, 0.4) is 0 Å². The Hall–Kier alpha value is -1.26. The van der Waals surface area contributed by atoms with E-state index in [2.05, 4.69) is 48.8 Å². The van der Waals surface area contributed by atoms with Gasteiger partial charge in [-0.3, -0.25) is 4.57 Å². The standard InChI is InChI=1S/C16H26ClN5O3Si/c1-16(2,3)26(4,5)24-6-9-12(23)10(17)15(25-9)22-8-21-11-13(18)19-7-20-14(11)22/h7-10,12,15,23H,6H2,1-5H3,(H2,18,19,20)/t9-,10+,12-,15-/m1/s1. The fraction of sp³-hybridized carbons (Fsp3) is 0.688. The van der Waals surface area contributed by atoms with Crippen molar-refractivity contribution >= 4 is 36.9 Å². The molecular formula is C16H26ClN5O3Si. The summed E-state index contributed by atoms with van der Waals surface area (Å²) in [5, 5.41) is 9.96. The third-order valence-electron chi connectivity index (χ3n) is 5.37. The number of halogens is 1. The SMILES string of the molecule is CC(C)(C)[Si](C)(C)OC[C@H]1O[C@@H](n2cnc3c(N)ncnc32)[C@@H](Cl)[C@@H]1O. The molecule has 0 aromatic carbocycles. The zero-order valence-corrected chi connectivity index (χ0v) is 17.4. The summed E-state index contributed by atoms with van der Waals surface area (Å²) in [6.45, 7) is 11.1. The first-order valence-electron chi connectivity index (χ1n) is 8.57. The number of aliphatic hydroxyl groups excluding tert-OH is 1. The maximum absolute atomic E-state index is 10.5. The highest BCUT2D eigenvalue weighted by Crippen LogP contribution is 2.39. The largest absolute Gasteiger partial charge is 0.414 e. The Labute approximate surface area is 158 Å². The van der Waals surface area contributed by atoms with Crippen molar-refractivity contribution in [2.45, 2.75) is 62.7 Å². The molecule has 8 nitrogen and oxygen atoms in total. The number of imidazole rings is 1. The molecule has 1 aliphatic rings. The van der Waals surface area contributed by atoms with Crippen LogP contribution in [0, 0.1) is 0 Å². The van der Waals surface area contributed by atoms with Gasteiger partial charge in [0.15, 0.2) is 26.0 Å². The highest BCUT2D eigenvalue weighted by atomic mass is 35.5. The molecular weight excluding hydrogens is 374 g/mol. The predicted octanol–water partition coefficient (Wildman–Crippen LogP) is 2.30. The van der Waals surface area contributed by atoms with Crippen LogP contribution in [0.4, 0.5) is 5.82 Å². The molecule has 0 unspecified atom stereocenters. The van der Waals surface area contributed by atoms with Gasteiger partial charge in [0.1, 0.15) is 29.4 Å². The van der Waals surface area contributed by atoms with Gasteiger partial charge < -0.3 is 20.0 Å². The van der Waals surface area contributed by atoms with Crippen LogP contribution in [0.15, 0.2) is 12.7 Å². The summed E-state index contributed by atoms with van der Waals surface area (Å²) in [5.41, 5.74) is 6.83. The molecule has 0 radical (unpaired) electrons. The van der Waals surface area contributed by atoms with E-state index in [4.69, 9.17) is 26.5 Å². The van der Waals surface area contributed by atoms with Crippen LogP contribution in [0.25, 0.3) is 11.2 Å². The summed E-state index contributed by atoms with van der Waals surface area (Å²) >= 11 is 6.45. The van der Waals surface area contributed by atoms with Crippen LogP contribution >= 0.6 is 11.6 Å². The maximum Gasteiger partial charge on any atom is 0.192 e. The molecule has 1 aliphatic heterocycles. The molecule has 0 spiro atoms. The Morgan fingerprint density at radius 3 is 2.69 bits per heavy atom. The molecule has 2 aromatic heterocycles. The first kappa shape index (κ1) is 19.5. The summed E-state index contributed by atoms with van der Waals surface area (Å²) in [4.78, 5) is 12.4. The molecule has 144 valence electrons. The number of hydrogen-bond acceptors (Lipinski definition) is 7. The number of alkyl halides is 1. The van der Waals surface area contributed by atoms with Crippen LogP contribution in [-0.2, 0) is 9.16 Å². The second kappa shape index (κ2) is 6.72. The molecule has 0 saturated carbocycles. The number of ether oxygens (including phenoxy) is 1. The van der Waals surface area contributed by atoms with Gasteiger partial charge in [0, 0.05) is 0 Å². The normalized spacial score (nSPS) is 27.3. The van der Waals surface area contributed by atoms with Crippen LogP contribution in [-0.4, -0.2) is 57.1 Å². The lowest BCUT2D eigenvalue weighted by Crippen LogP contribution is -2.44. The van der Waals surface area contributed by atoms with E-state index in [1.165, 1.54) is 6.33 Å². The van der Waals surface area contributed by atoms with E-state index in [0.29, 0.717) is 17.8 Å².